The zero-order valence-corrected chi connectivity index (χ0v) is 16.3. The molecule has 0 aromatic heterocycles. The second kappa shape index (κ2) is 8.78. The topological polar surface area (TPSA) is 99.4 Å². The molecule has 1 heterocycles. The maximum absolute atomic E-state index is 10.9. The van der Waals surface area contributed by atoms with Crippen LogP contribution in [0.5, 0.6) is 5.75 Å². The zero-order chi connectivity index (χ0) is 20.3. The summed E-state index contributed by atoms with van der Waals surface area (Å²) < 4.78 is 11.0. The van der Waals surface area contributed by atoms with Gasteiger partial charge in [0.2, 0.25) is 0 Å². The largest absolute Gasteiger partial charge is 0.494 e. The summed E-state index contributed by atoms with van der Waals surface area (Å²) in [7, 11) is 0. The van der Waals surface area contributed by atoms with Gasteiger partial charge in [-0.1, -0.05) is 29.8 Å². The summed E-state index contributed by atoms with van der Waals surface area (Å²) >= 11 is 6.34. The lowest BCUT2D eigenvalue weighted by molar-refractivity contribution is -0.219. The molecule has 4 unspecified atom stereocenters. The van der Waals surface area contributed by atoms with Crippen LogP contribution in [-0.4, -0.2) is 52.0 Å². The summed E-state index contributed by atoms with van der Waals surface area (Å²) in [6.07, 6.45) is -3.02. The predicted octanol–water partition coefficient (Wildman–Crippen LogP) is 1.98. The molecule has 0 saturated carbocycles. The van der Waals surface area contributed by atoms with E-state index in [0.29, 0.717) is 23.6 Å². The fraction of sp³-hybridized carbons (Fsp3) is 0.429. The first-order valence-electron chi connectivity index (χ1n) is 9.24. The summed E-state index contributed by atoms with van der Waals surface area (Å²) in [6, 6.07) is 12.7. The minimum atomic E-state index is -1.77. The summed E-state index contributed by atoms with van der Waals surface area (Å²) in [6.45, 7) is 1.96. The third-order valence-electron chi connectivity index (χ3n) is 4.89. The number of rotatable bonds is 7. The Bertz CT molecular complexity index is 796. The molecule has 3 rings (SSSR count). The molecule has 0 radical (unpaired) electrons. The molecule has 7 heteroatoms. The van der Waals surface area contributed by atoms with Gasteiger partial charge in [-0.15, -0.1) is 0 Å². The van der Waals surface area contributed by atoms with E-state index in [1.807, 2.05) is 31.2 Å². The number of aliphatic hydroxyl groups is 4. The first kappa shape index (κ1) is 21.0. The number of ether oxygens (including phenoxy) is 2. The normalized spacial score (nSPS) is 25.6. The van der Waals surface area contributed by atoms with E-state index in [2.05, 4.69) is 0 Å². The molecule has 1 fully saturated rings. The Kier molecular flexibility index (Phi) is 6.60. The molecule has 2 aromatic rings. The lowest BCUT2D eigenvalue weighted by Gasteiger charge is -2.25. The first-order valence-corrected chi connectivity index (χ1v) is 9.62. The van der Waals surface area contributed by atoms with Crippen LogP contribution in [0.25, 0.3) is 0 Å². The van der Waals surface area contributed by atoms with Crippen molar-refractivity contribution in [1.82, 2.24) is 0 Å². The summed E-state index contributed by atoms with van der Waals surface area (Å²) in [5.41, 5.74) is 2.25. The van der Waals surface area contributed by atoms with Gasteiger partial charge in [0, 0.05) is 17.0 Å². The molecule has 0 amide bonds. The second-order valence-corrected chi connectivity index (χ2v) is 7.36. The van der Waals surface area contributed by atoms with Gasteiger partial charge in [0.25, 0.3) is 0 Å². The Morgan fingerprint density at radius 3 is 2.61 bits per heavy atom. The molecule has 1 aliphatic heterocycles. The van der Waals surface area contributed by atoms with Gasteiger partial charge in [-0.3, -0.25) is 0 Å². The van der Waals surface area contributed by atoms with Gasteiger partial charge in [0.1, 0.15) is 18.0 Å². The van der Waals surface area contributed by atoms with Gasteiger partial charge < -0.3 is 29.9 Å². The molecule has 0 aliphatic carbocycles. The maximum atomic E-state index is 10.9. The molecular formula is C21H25ClO6. The van der Waals surface area contributed by atoms with Crippen molar-refractivity contribution in [1.29, 1.82) is 0 Å². The molecule has 0 bridgehead atoms. The van der Waals surface area contributed by atoms with E-state index in [4.69, 9.17) is 26.2 Å². The molecule has 1 saturated heterocycles. The Morgan fingerprint density at radius 1 is 1.25 bits per heavy atom. The number of hydrogen-bond acceptors (Lipinski definition) is 6. The van der Waals surface area contributed by atoms with E-state index < -0.39 is 30.7 Å². The summed E-state index contributed by atoms with van der Waals surface area (Å²) in [5.74, 6) is -0.972. The van der Waals surface area contributed by atoms with E-state index >= 15 is 0 Å². The maximum Gasteiger partial charge on any atom is 0.195 e. The van der Waals surface area contributed by atoms with Crippen LogP contribution in [-0.2, 0) is 16.9 Å². The molecule has 6 nitrogen and oxygen atoms in total. The average Bonchev–Trinajstić information content (AvgIpc) is 3.00. The Labute approximate surface area is 168 Å². The predicted molar refractivity (Wildman–Crippen MR) is 104 cm³/mol. The van der Waals surface area contributed by atoms with E-state index in [1.54, 1.807) is 18.2 Å². The smallest absolute Gasteiger partial charge is 0.195 e. The monoisotopic (exact) mass is 408 g/mol. The van der Waals surface area contributed by atoms with Gasteiger partial charge in [-0.25, -0.2) is 0 Å². The fourth-order valence-electron chi connectivity index (χ4n) is 3.42. The van der Waals surface area contributed by atoms with Crippen molar-refractivity contribution in [3.63, 3.8) is 0 Å². The molecule has 0 spiro atoms. The van der Waals surface area contributed by atoms with Crippen molar-refractivity contribution in [2.24, 2.45) is 0 Å². The third kappa shape index (κ3) is 4.49. The minimum absolute atomic E-state index is 0.112. The van der Waals surface area contributed by atoms with Crippen LogP contribution in [0.15, 0.2) is 42.5 Å². The summed E-state index contributed by atoms with van der Waals surface area (Å²) in [5, 5.41) is 40.4. The lowest BCUT2D eigenvalue weighted by atomic mass is 9.96. The van der Waals surface area contributed by atoms with Gasteiger partial charge in [-0.2, -0.15) is 0 Å². The van der Waals surface area contributed by atoms with E-state index in [9.17, 15) is 15.3 Å². The summed E-state index contributed by atoms with van der Waals surface area (Å²) in [4.78, 5) is 0. The van der Waals surface area contributed by atoms with Crippen LogP contribution in [0.3, 0.4) is 0 Å². The van der Waals surface area contributed by atoms with Crippen molar-refractivity contribution in [3.05, 3.63) is 64.2 Å². The number of halogens is 1. The van der Waals surface area contributed by atoms with E-state index in [1.165, 1.54) is 0 Å². The molecule has 4 atom stereocenters. The Balaban J connectivity index is 1.81. The van der Waals surface area contributed by atoms with Crippen molar-refractivity contribution < 1.29 is 29.9 Å². The molecule has 2 aromatic carbocycles. The van der Waals surface area contributed by atoms with Gasteiger partial charge in [-0.05, 0) is 48.7 Å². The van der Waals surface area contributed by atoms with Gasteiger partial charge >= 0.3 is 0 Å². The highest BCUT2D eigenvalue weighted by Crippen LogP contribution is 2.39. The van der Waals surface area contributed by atoms with Crippen molar-refractivity contribution >= 4 is 11.6 Å². The Morgan fingerprint density at radius 2 is 1.96 bits per heavy atom. The van der Waals surface area contributed by atoms with Crippen molar-refractivity contribution in [3.8, 4) is 5.75 Å². The third-order valence-corrected chi connectivity index (χ3v) is 5.26. The Hall–Kier alpha value is -1.67. The van der Waals surface area contributed by atoms with Crippen molar-refractivity contribution in [2.45, 2.75) is 43.9 Å². The molecule has 152 valence electrons. The van der Waals surface area contributed by atoms with Crippen LogP contribution < -0.4 is 4.74 Å². The van der Waals surface area contributed by atoms with Crippen LogP contribution >= 0.6 is 11.6 Å². The quantitative estimate of drug-likeness (QED) is 0.559. The SMILES string of the molecule is CCOc1ccc(Cc2cc(C3(O)CC(O)C(C(O)CO)O3)ccc2Cl)cc1. The second-order valence-electron chi connectivity index (χ2n) is 6.95. The fourth-order valence-corrected chi connectivity index (χ4v) is 3.60. The molecule has 1 aliphatic rings. The van der Waals surface area contributed by atoms with Crippen LogP contribution in [0, 0.1) is 0 Å². The van der Waals surface area contributed by atoms with Crippen LogP contribution in [0.1, 0.15) is 30.0 Å². The highest BCUT2D eigenvalue weighted by molar-refractivity contribution is 6.31. The number of benzene rings is 2. The standard InChI is InChI=1S/C21H25ClO6/c1-2-27-16-6-3-13(4-7-16)9-14-10-15(5-8-17(14)22)21(26)11-18(24)20(28-21)19(25)12-23/h3-8,10,18-20,23-26H,2,9,11-12H2,1H3. The van der Waals surface area contributed by atoms with E-state index in [-0.39, 0.29) is 6.42 Å². The molecular weight excluding hydrogens is 384 g/mol. The van der Waals surface area contributed by atoms with E-state index in [0.717, 1.165) is 16.9 Å². The van der Waals surface area contributed by atoms with Gasteiger partial charge in [0.15, 0.2) is 5.79 Å². The van der Waals surface area contributed by atoms with Gasteiger partial charge in [0.05, 0.1) is 19.3 Å². The first-order chi connectivity index (χ1) is 13.4. The highest BCUT2D eigenvalue weighted by Gasteiger charge is 2.48. The zero-order valence-electron chi connectivity index (χ0n) is 15.6. The van der Waals surface area contributed by atoms with Crippen LogP contribution in [0.2, 0.25) is 5.02 Å². The lowest BCUT2D eigenvalue weighted by Crippen LogP contribution is -2.37. The molecule has 4 N–H and O–H groups in total. The minimum Gasteiger partial charge on any atom is -0.494 e. The molecule has 28 heavy (non-hydrogen) atoms. The van der Waals surface area contributed by atoms with Crippen LogP contribution in [0.4, 0.5) is 0 Å². The van der Waals surface area contributed by atoms with Crippen molar-refractivity contribution in [2.75, 3.05) is 13.2 Å². The average molecular weight is 409 g/mol. The number of aliphatic hydroxyl groups excluding tert-OH is 3. The number of hydrogen-bond donors (Lipinski definition) is 4. The highest BCUT2D eigenvalue weighted by atomic mass is 35.5.